The van der Waals surface area contributed by atoms with Crippen LogP contribution in [0.1, 0.15) is 41.5 Å². The molecule has 0 amide bonds. The van der Waals surface area contributed by atoms with Crippen molar-refractivity contribution < 1.29 is 33.9 Å². The Balaban J connectivity index is 2.01. The summed E-state index contributed by atoms with van der Waals surface area (Å²) in [6.45, 7) is 22.0. The zero-order chi connectivity index (χ0) is 28.9. The van der Waals surface area contributed by atoms with Gasteiger partial charge in [0.2, 0.25) is 0 Å². The number of carbonyl (C=O) groups excluding carboxylic acids is 2. The maximum atomic E-state index is 12.5. The molecule has 0 aromatic heterocycles. The Morgan fingerprint density at radius 1 is 0.692 bits per heavy atom. The Morgan fingerprint density at radius 3 is 1.33 bits per heavy atom. The summed E-state index contributed by atoms with van der Waals surface area (Å²) in [5.41, 5.74) is 8.41. The predicted molar refractivity (Wildman–Crippen MR) is 159 cm³/mol. The van der Waals surface area contributed by atoms with Crippen molar-refractivity contribution in [2.24, 2.45) is 0 Å². The Kier molecular flexibility index (Phi) is 12.5. The lowest BCUT2D eigenvalue weighted by molar-refractivity contribution is -0.426. The van der Waals surface area contributed by atoms with Gasteiger partial charge in [0.15, 0.2) is 0 Å². The topological polar surface area (TPSA) is 80.3 Å². The summed E-state index contributed by atoms with van der Waals surface area (Å²) < 4.78 is 5.29. The normalized spacial score (nSPS) is 11.5. The van der Waals surface area contributed by atoms with Gasteiger partial charge in [0.1, 0.15) is 22.8 Å². The molecule has 0 spiro atoms. The Hall–Kier alpha value is -3.35. The van der Waals surface area contributed by atoms with Gasteiger partial charge in [-0.2, -0.15) is 0 Å². The molecule has 2 aromatic rings. The van der Waals surface area contributed by atoms with Gasteiger partial charge in [-0.15, -0.1) is 36.1 Å². The first-order valence-corrected chi connectivity index (χ1v) is 17.6. The molecule has 0 unspecified atom stereocenters. The summed E-state index contributed by atoms with van der Waals surface area (Å²) in [7, 11) is -4.04. The molecule has 0 saturated heterocycles. The second-order valence-corrected chi connectivity index (χ2v) is 17.1. The molecule has 0 aliphatic rings. The lowest BCUT2D eigenvalue weighted by Gasteiger charge is -2.23. The molecule has 208 valence electrons. The van der Waals surface area contributed by atoms with Crippen LogP contribution in [0.4, 0.5) is 0 Å². The predicted octanol–water partition coefficient (Wildman–Crippen LogP) is 5.18. The summed E-state index contributed by atoms with van der Waals surface area (Å²) in [4.78, 5) is 45.2. The number of hydrogen-bond donors (Lipinski definition) is 0. The van der Waals surface area contributed by atoms with Gasteiger partial charge >= 0.3 is 11.9 Å². The number of carbonyl (C=O) groups is 2. The molecule has 0 saturated carbocycles. The van der Waals surface area contributed by atoms with Crippen molar-refractivity contribution in [1.29, 1.82) is 0 Å². The molecule has 7 nitrogen and oxygen atoms in total. The molecule has 0 bridgehead atoms. The second kappa shape index (κ2) is 15.3. The summed E-state index contributed by atoms with van der Waals surface area (Å²) in [6, 6.07) is 15.9. The zero-order valence-corrected chi connectivity index (χ0v) is 25.0. The Morgan fingerprint density at radius 2 is 1.05 bits per heavy atom. The highest BCUT2D eigenvalue weighted by Gasteiger charge is 2.28. The molecule has 2 rings (SSSR count). The molecule has 0 aliphatic carbocycles. The first-order chi connectivity index (χ1) is 18.8. The number of hydrogen-bond acceptors (Lipinski definition) is 7. The van der Waals surface area contributed by atoms with E-state index in [-0.39, 0.29) is 17.7 Å². The summed E-state index contributed by atoms with van der Waals surface area (Å²) in [5.74, 6) is -1.47. The maximum absolute atomic E-state index is 12.5. The molecule has 0 radical (unpaired) electrons. The fraction of sp³-hybridized carbons (Fsp3) is 0.267. The van der Waals surface area contributed by atoms with E-state index in [1.165, 1.54) is 0 Å². The highest BCUT2D eigenvalue weighted by Crippen LogP contribution is 2.15. The maximum Gasteiger partial charge on any atom is 0.373 e. The van der Waals surface area contributed by atoms with Gasteiger partial charge in [-0.3, -0.25) is 9.78 Å². The SMILES string of the molecule is C=C[Si](C=C)(CC)c1ccc(C(=O)OOC(COCC)OOC(=O)c2ccc([Si](C=C)(C=C)CC)cc2)cc1. The van der Waals surface area contributed by atoms with E-state index < -0.39 is 34.4 Å². The van der Waals surface area contributed by atoms with Crippen molar-refractivity contribution in [3.8, 4) is 0 Å². The van der Waals surface area contributed by atoms with Crippen molar-refractivity contribution in [2.45, 2.75) is 39.1 Å². The van der Waals surface area contributed by atoms with Crippen LogP contribution < -0.4 is 10.4 Å². The largest absolute Gasteiger partial charge is 0.376 e. The highest BCUT2D eigenvalue weighted by molar-refractivity contribution is 7.00. The van der Waals surface area contributed by atoms with E-state index in [2.05, 4.69) is 40.2 Å². The van der Waals surface area contributed by atoms with Gasteiger partial charge in [0.25, 0.3) is 6.29 Å². The quantitative estimate of drug-likeness (QED) is 0.113. The average molecular weight is 567 g/mol. The lowest BCUT2D eigenvalue weighted by Crippen LogP contribution is -2.43. The van der Waals surface area contributed by atoms with Crippen LogP contribution in [0.25, 0.3) is 0 Å². The van der Waals surface area contributed by atoms with Crippen molar-refractivity contribution >= 4 is 38.5 Å². The van der Waals surface area contributed by atoms with Gasteiger partial charge in [-0.1, -0.05) is 71.3 Å². The van der Waals surface area contributed by atoms with Crippen molar-refractivity contribution in [3.63, 3.8) is 0 Å². The average Bonchev–Trinajstić information content (AvgIpc) is 2.99. The van der Waals surface area contributed by atoms with Gasteiger partial charge in [0.05, 0.1) is 11.1 Å². The number of ether oxygens (including phenoxy) is 1. The fourth-order valence-electron chi connectivity index (χ4n) is 4.03. The third-order valence-corrected chi connectivity index (χ3v) is 14.9. The van der Waals surface area contributed by atoms with Crippen LogP contribution in [0, 0.1) is 0 Å². The fourth-order valence-corrected chi connectivity index (χ4v) is 8.86. The minimum atomic E-state index is -2.02. The Bertz CT molecular complexity index is 1040. The van der Waals surface area contributed by atoms with Gasteiger partial charge < -0.3 is 4.74 Å². The van der Waals surface area contributed by atoms with Crippen LogP contribution >= 0.6 is 0 Å². The number of benzene rings is 2. The molecule has 2 aromatic carbocycles. The van der Waals surface area contributed by atoms with E-state index in [1.54, 1.807) is 31.2 Å². The molecule has 9 heteroatoms. The van der Waals surface area contributed by atoms with E-state index in [0.717, 1.165) is 22.5 Å². The standard InChI is InChI=1S/C30H38O7Si2/c1-8-33-23-28(34-36-29(31)24-15-19-26(20-16-24)38(9-2,10-3)11-4)35-37-30(32)25-17-21-27(22-18-25)39(12-5,13-6)14-7/h9-10,12-13,15-22,28H,2-3,5-6,8,11,14,23H2,1,4,7H3. The molecule has 39 heavy (non-hydrogen) atoms. The third kappa shape index (κ3) is 7.84. The molecular formula is C30H38O7Si2. The van der Waals surface area contributed by atoms with Crippen molar-refractivity contribution in [3.05, 3.63) is 109 Å². The van der Waals surface area contributed by atoms with Crippen LogP contribution in [-0.2, 0) is 24.3 Å². The van der Waals surface area contributed by atoms with E-state index in [4.69, 9.17) is 24.3 Å². The van der Waals surface area contributed by atoms with Crippen LogP contribution in [0.5, 0.6) is 0 Å². The van der Waals surface area contributed by atoms with Gasteiger partial charge in [-0.25, -0.2) is 9.59 Å². The van der Waals surface area contributed by atoms with Gasteiger partial charge in [-0.05, 0) is 43.3 Å². The molecule has 0 heterocycles. The molecule has 0 atom stereocenters. The third-order valence-electron chi connectivity index (χ3n) is 6.86. The first kappa shape index (κ1) is 31.9. The first-order valence-electron chi connectivity index (χ1n) is 12.9. The van der Waals surface area contributed by atoms with Crippen molar-refractivity contribution in [2.75, 3.05) is 13.2 Å². The minimum absolute atomic E-state index is 0.137. The van der Waals surface area contributed by atoms with E-state index in [0.29, 0.717) is 6.61 Å². The summed E-state index contributed by atoms with van der Waals surface area (Å²) in [6.07, 6.45) is -1.29. The highest BCUT2D eigenvalue weighted by atomic mass is 28.3. The van der Waals surface area contributed by atoms with Crippen LogP contribution in [0.3, 0.4) is 0 Å². The van der Waals surface area contributed by atoms with Crippen molar-refractivity contribution in [1.82, 2.24) is 0 Å². The monoisotopic (exact) mass is 566 g/mol. The minimum Gasteiger partial charge on any atom is -0.376 e. The van der Waals surface area contributed by atoms with E-state index in [1.807, 2.05) is 47.1 Å². The zero-order valence-electron chi connectivity index (χ0n) is 23.0. The number of rotatable bonds is 17. The van der Waals surface area contributed by atoms with Crippen LogP contribution in [-0.4, -0.2) is 47.6 Å². The van der Waals surface area contributed by atoms with Gasteiger partial charge in [0, 0.05) is 6.61 Å². The van der Waals surface area contributed by atoms with Crippen LogP contribution in [0.2, 0.25) is 12.1 Å². The van der Waals surface area contributed by atoms with Crippen LogP contribution in [0.15, 0.2) is 97.6 Å². The van der Waals surface area contributed by atoms with E-state index in [9.17, 15) is 9.59 Å². The van der Waals surface area contributed by atoms with E-state index >= 15 is 0 Å². The molecule has 0 N–H and O–H groups in total. The lowest BCUT2D eigenvalue weighted by atomic mass is 10.2. The summed E-state index contributed by atoms with van der Waals surface area (Å²) in [5, 5.41) is 2.17. The second-order valence-electron chi connectivity index (χ2n) is 8.78. The smallest absolute Gasteiger partial charge is 0.373 e. The summed E-state index contributed by atoms with van der Waals surface area (Å²) >= 11 is 0. The molecule has 0 fully saturated rings. The molecule has 0 aliphatic heterocycles. The molecular weight excluding hydrogens is 528 g/mol. The Labute approximate surface area is 233 Å².